The van der Waals surface area contributed by atoms with E-state index in [4.69, 9.17) is 14.6 Å². The molecular weight excluding hydrogens is 196 g/mol. The van der Waals surface area contributed by atoms with Crippen LogP contribution >= 0.6 is 0 Å². The molecule has 4 nitrogen and oxygen atoms in total. The Morgan fingerprint density at radius 3 is 3.00 bits per heavy atom. The van der Waals surface area contributed by atoms with Crippen molar-refractivity contribution in [3.63, 3.8) is 0 Å². The maximum absolute atomic E-state index is 11.8. The molecule has 0 radical (unpaired) electrons. The molecule has 0 saturated heterocycles. The highest BCUT2D eigenvalue weighted by Gasteiger charge is 2.25. The number of benzene rings is 1. The average molecular weight is 206 g/mol. The Bertz CT molecular complexity index is 434. The molecule has 0 amide bonds. The second-order valence-electron chi connectivity index (χ2n) is 3.11. The smallest absolute Gasteiger partial charge is 0.199 e. The number of ether oxygens (including phenoxy) is 2. The fraction of sp³-hybridized carbons (Fsp3) is 0.182. The molecule has 0 bridgehead atoms. The van der Waals surface area contributed by atoms with E-state index < -0.39 is 0 Å². The molecule has 0 unspecified atom stereocenters. The first kappa shape index (κ1) is 9.58. The maximum Gasteiger partial charge on any atom is 0.199 e. The summed E-state index contributed by atoms with van der Waals surface area (Å²) in [6.07, 6.45) is 0.782. The van der Waals surface area contributed by atoms with Gasteiger partial charge in [-0.1, -0.05) is 6.07 Å². The average Bonchev–Trinajstić information content (AvgIpc) is 2.29. The number of rotatable bonds is 1. The second kappa shape index (κ2) is 3.65. The SMILES string of the molecule is COc1cccc2c1OCC(=CO)C2=O. The molecule has 0 aliphatic carbocycles. The van der Waals surface area contributed by atoms with E-state index in [1.807, 2.05) is 0 Å². The van der Waals surface area contributed by atoms with Gasteiger partial charge in [-0.25, -0.2) is 0 Å². The van der Waals surface area contributed by atoms with Crippen molar-refractivity contribution in [2.75, 3.05) is 13.7 Å². The van der Waals surface area contributed by atoms with E-state index >= 15 is 0 Å². The van der Waals surface area contributed by atoms with Gasteiger partial charge in [-0.2, -0.15) is 0 Å². The number of carbonyl (C=O) groups is 1. The van der Waals surface area contributed by atoms with Gasteiger partial charge in [0, 0.05) is 0 Å². The van der Waals surface area contributed by atoms with Crippen molar-refractivity contribution in [1.29, 1.82) is 0 Å². The fourth-order valence-electron chi connectivity index (χ4n) is 1.49. The number of aliphatic hydroxyl groups is 1. The van der Waals surface area contributed by atoms with E-state index in [0.717, 1.165) is 6.26 Å². The molecule has 1 N–H and O–H groups in total. The van der Waals surface area contributed by atoms with E-state index in [9.17, 15) is 4.79 Å². The molecule has 0 spiro atoms. The second-order valence-corrected chi connectivity index (χ2v) is 3.11. The lowest BCUT2D eigenvalue weighted by atomic mass is 10.0. The summed E-state index contributed by atoms with van der Waals surface area (Å²) < 4.78 is 10.4. The third-order valence-electron chi connectivity index (χ3n) is 2.26. The summed E-state index contributed by atoms with van der Waals surface area (Å²) >= 11 is 0. The van der Waals surface area contributed by atoms with Crippen LogP contribution in [0, 0.1) is 0 Å². The van der Waals surface area contributed by atoms with Crippen LogP contribution in [0.4, 0.5) is 0 Å². The lowest BCUT2D eigenvalue weighted by Gasteiger charge is -2.19. The number of fused-ring (bicyclic) bond motifs is 1. The Morgan fingerprint density at radius 1 is 1.53 bits per heavy atom. The van der Waals surface area contributed by atoms with Crippen LogP contribution in [0.2, 0.25) is 0 Å². The van der Waals surface area contributed by atoms with Crippen LogP contribution in [-0.2, 0) is 0 Å². The molecular formula is C11H10O4. The van der Waals surface area contributed by atoms with Crippen LogP contribution in [0.1, 0.15) is 10.4 Å². The van der Waals surface area contributed by atoms with Crippen molar-refractivity contribution in [3.05, 3.63) is 35.6 Å². The summed E-state index contributed by atoms with van der Waals surface area (Å²) in [5, 5.41) is 8.82. The number of ketones is 1. The van der Waals surface area contributed by atoms with Crippen LogP contribution in [0.3, 0.4) is 0 Å². The van der Waals surface area contributed by atoms with Gasteiger partial charge < -0.3 is 14.6 Å². The Balaban J connectivity index is 2.54. The summed E-state index contributed by atoms with van der Waals surface area (Å²) in [7, 11) is 1.51. The number of aliphatic hydroxyl groups excluding tert-OH is 1. The molecule has 1 aliphatic rings. The van der Waals surface area contributed by atoms with E-state index in [2.05, 4.69) is 0 Å². The van der Waals surface area contributed by atoms with Gasteiger partial charge in [0.25, 0.3) is 0 Å². The van der Waals surface area contributed by atoms with Crippen molar-refractivity contribution >= 4 is 5.78 Å². The number of methoxy groups -OCH3 is 1. The monoisotopic (exact) mass is 206 g/mol. The lowest BCUT2D eigenvalue weighted by molar-refractivity contribution is 0.0993. The third kappa shape index (κ3) is 1.44. The van der Waals surface area contributed by atoms with E-state index in [1.165, 1.54) is 7.11 Å². The van der Waals surface area contributed by atoms with Crippen LogP contribution in [0.25, 0.3) is 0 Å². The summed E-state index contributed by atoms with van der Waals surface area (Å²) in [5.74, 6) is 0.742. The highest BCUT2D eigenvalue weighted by molar-refractivity contribution is 6.11. The van der Waals surface area contributed by atoms with Gasteiger partial charge >= 0.3 is 0 Å². The Hall–Kier alpha value is -1.97. The van der Waals surface area contributed by atoms with Crippen LogP contribution in [0.5, 0.6) is 11.5 Å². The van der Waals surface area contributed by atoms with Gasteiger partial charge in [-0.3, -0.25) is 4.79 Å². The summed E-state index contributed by atoms with van der Waals surface area (Å²) in [6, 6.07) is 5.07. The molecule has 1 aromatic rings. The van der Waals surface area contributed by atoms with Crippen LogP contribution < -0.4 is 9.47 Å². The maximum atomic E-state index is 11.8. The van der Waals surface area contributed by atoms with Crippen molar-refractivity contribution in [2.24, 2.45) is 0 Å². The van der Waals surface area contributed by atoms with E-state index in [-0.39, 0.29) is 18.0 Å². The first-order chi connectivity index (χ1) is 7.27. The standard InChI is InChI=1S/C11H10O4/c1-14-9-4-2-3-8-10(13)7(5-12)6-15-11(8)9/h2-5,12H,6H2,1H3. The normalized spacial score (nSPS) is 17.1. The highest BCUT2D eigenvalue weighted by atomic mass is 16.5. The van der Waals surface area contributed by atoms with Gasteiger partial charge in [0.15, 0.2) is 17.3 Å². The predicted octanol–water partition coefficient (Wildman–Crippen LogP) is 1.71. The van der Waals surface area contributed by atoms with Crippen LogP contribution in [0.15, 0.2) is 30.0 Å². The molecule has 0 aromatic heterocycles. The summed E-state index contributed by atoms with van der Waals surface area (Å²) in [5.41, 5.74) is 0.664. The Labute approximate surface area is 86.7 Å². The molecule has 0 fully saturated rings. The lowest BCUT2D eigenvalue weighted by Crippen LogP contribution is -2.19. The van der Waals surface area contributed by atoms with Crippen molar-refractivity contribution in [1.82, 2.24) is 0 Å². The first-order valence-corrected chi connectivity index (χ1v) is 4.45. The van der Waals surface area contributed by atoms with Crippen molar-refractivity contribution in [2.45, 2.75) is 0 Å². The highest BCUT2D eigenvalue weighted by Crippen LogP contribution is 2.35. The minimum atomic E-state index is -0.224. The molecule has 0 atom stereocenters. The zero-order valence-corrected chi connectivity index (χ0v) is 8.19. The number of carbonyl (C=O) groups excluding carboxylic acids is 1. The Morgan fingerprint density at radius 2 is 2.33 bits per heavy atom. The quantitative estimate of drug-likeness (QED) is 0.561. The van der Waals surface area contributed by atoms with Crippen LogP contribution in [-0.4, -0.2) is 24.6 Å². The van der Waals surface area contributed by atoms with Gasteiger partial charge in [-0.05, 0) is 12.1 Å². The number of hydrogen-bond donors (Lipinski definition) is 1. The van der Waals surface area contributed by atoms with E-state index in [0.29, 0.717) is 17.1 Å². The Kier molecular flexibility index (Phi) is 2.33. The zero-order chi connectivity index (χ0) is 10.8. The molecule has 1 aliphatic heterocycles. The van der Waals surface area contributed by atoms with Gasteiger partial charge in [0.2, 0.25) is 0 Å². The summed E-state index contributed by atoms with van der Waals surface area (Å²) in [4.78, 5) is 11.8. The molecule has 0 saturated carbocycles. The zero-order valence-electron chi connectivity index (χ0n) is 8.19. The molecule has 78 valence electrons. The van der Waals surface area contributed by atoms with Crippen molar-refractivity contribution < 1.29 is 19.4 Å². The van der Waals surface area contributed by atoms with Gasteiger partial charge in [-0.15, -0.1) is 0 Å². The van der Waals surface area contributed by atoms with Crippen molar-refractivity contribution in [3.8, 4) is 11.5 Å². The molecule has 2 rings (SSSR count). The minimum Gasteiger partial charge on any atom is -0.515 e. The molecule has 4 heteroatoms. The summed E-state index contributed by atoms with van der Waals surface area (Å²) in [6.45, 7) is 0.0721. The topological polar surface area (TPSA) is 55.8 Å². The third-order valence-corrected chi connectivity index (χ3v) is 2.26. The van der Waals surface area contributed by atoms with E-state index in [1.54, 1.807) is 18.2 Å². The number of para-hydroxylation sites is 1. The molecule has 15 heavy (non-hydrogen) atoms. The first-order valence-electron chi connectivity index (χ1n) is 4.45. The predicted molar refractivity (Wildman–Crippen MR) is 53.5 cm³/mol. The minimum absolute atomic E-state index is 0.0721. The van der Waals surface area contributed by atoms with Gasteiger partial charge in [0.1, 0.15) is 6.61 Å². The molecule has 1 aromatic carbocycles. The largest absolute Gasteiger partial charge is 0.515 e. The number of hydrogen-bond acceptors (Lipinski definition) is 4. The molecule has 1 heterocycles. The number of Topliss-reactive ketones (excluding diaryl/α,β-unsaturated/α-hetero) is 1. The fourth-order valence-corrected chi connectivity index (χ4v) is 1.49. The van der Waals surface area contributed by atoms with Gasteiger partial charge in [0.05, 0.1) is 24.5 Å².